The van der Waals surface area contributed by atoms with Crippen LogP contribution in [0.1, 0.15) is 41.5 Å². The second-order valence-electron chi connectivity index (χ2n) is 7.86. The number of piperidine rings is 1. The van der Waals surface area contributed by atoms with Gasteiger partial charge in [-0.3, -0.25) is 9.69 Å². The molecule has 0 saturated carbocycles. The summed E-state index contributed by atoms with van der Waals surface area (Å²) in [6, 6.07) is 17.3. The van der Waals surface area contributed by atoms with Crippen LogP contribution < -0.4 is 5.32 Å². The molecule has 0 spiro atoms. The molecule has 0 aliphatic carbocycles. The maximum atomic E-state index is 12.4. The van der Waals surface area contributed by atoms with Crippen LogP contribution in [0.2, 0.25) is 0 Å². The summed E-state index contributed by atoms with van der Waals surface area (Å²) in [7, 11) is 0. The van der Waals surface area contributed by atoms with Crippen molar-refractivity contribution in [2.75, 3.05) is 19.6 Å². The van der Waals surface area contributed by atoms with E-state index in [1.165, 1.54) is 22.3 Å². The van der Waals surface area contributed by atoms with Crippen LogP contribution >= 0.6 is 0 Å². The number of aryl methyl sites for hydroxylation is 3. The van der Waals surface area contributed by atoms with Gasteiger partial charge >= 0.3 is 0 Å². The van der Waals surface area contributed by atoms with Gasteiger partial charge < -0.3 is 5.32 Å². The van der Waals surface area contributed by atoms with E-state index in [0.29, 0.717) is 0 Å². The number of carbonyl (C=O) groups excluding carboxylic acids is 1. The summed E-state index contributed by atoms with van der Waals surface area (Å²) < 4.78 is 0. The highest BCUT2D eigenvalue weighted by atomic mass is 16.1. The first-order chi connectivity index (χ1) is 13.1. The Bertz CT molecular complexity index is 730. The van der Waals surface area contributed by atoms with Gasteiger partial charge in [-0.15, -0.1) is 0 Å². The van der Waals surface area contributed by atoms with Crippen molar-refractivity contribution in [3.8, 4) is 0 Å². The number of carbonyl (C=O) groups is 1. The number of nitrogens with zero attached hydrogens (tertiary/aromatic N) is 1. The molecule has 3 rings (SSSR count). The van der Waals surface area contributed by atoms with E-state index in [2.05, 4.69) is 72.6 Å². The molecular weight excluding hydrogens is 332 g/mol. The fourth-order valence-electron chi connectivity index (χ4n) is 3.78. The number of hydrogen-bond acceptors (Lipinski definition) is 2. The summed E-state index contributed by atoms with van der Waals surface area (Å²) in [5, 5.41) is 3.15. The Hall–Kier alpha value is -2.13. The first-order valence-electron chi connectivity index (χ1n) is 10.2. The van der Waals surface area contributed by atoms with Gasteiger partial charge in [-0.25, -0.2) is 0 Å². The van der Waals surface area contributed by atoms with E-state index < -0.39 is 0 Å². The minimum atomic E-state index is 0.178. The fourth-order valence-corrected chi connectivity index (χ4v) is 3.78. The van der Waals surface area contributed by atoms with Crippen molar-refractivity contribution < 1.29 is 4.79 Å². The average Bonchev–Trinajstić information content (AvgIpc) is 2.69. The number of rotatable bonds is 7. The molecule has 0 bridgehead atoms. The van der Waals surface area contributed by atoms with Crippen molar-refractivity contribution in [1.29, 1.82) is 0 Å². The molecule has 0 atom stereocenters. The standard InChI is InChI=1S/C24H32N2O/c1-19-9-11-21(12-10-19)7-5-15-25-24(27)22-13-16-26(17-14-22)18-23-8-4-3-6-20(23)2/h3-4,6,8-12,22H,5,7,13-18H2,1-2H3,(H,25,27). The molecule has 2 aromatic carbocycles. The van der Waals surface area contributed by atoms with Crippen molar-refractivity contribution in [2.45, 2.75) is 46.1 Å². The zero-order valence-corrected chi connectivity index (χ0v) is 16.7. The second-order valence-corrected chi connectivity index (χ2v) is 7.86. The highest BCUT2D eigenvalue weighted by Gasteiger charge is 2.24. The van der Waals surface area contributed by atoms with Gasteiger partial charge in [0, 0.05) is 19.0 Å². The van der Waals surface area contributed by atoms with E-state index >= 15 is 0 Å². The highest BCUT2D eigenvalue weighted by Crippen LogP contribution is 2.20. The number of nitrogens with one attached hydrogen (secondary N) is 1. The van der Waals surface area contributed by atoms with Gasteiger partial charge in [0.1, 0.15) is 0 Å². The van der Waals surface area contributed by atoms with Gasteiger partial charge in [0.15, 0.2) is 0 Å². The van der Waals surface area contributed by atoms with E-state index in [4.69, 9.17) is 0 Å². The molecule has 0 unspecified atom stereocenters. The Kier molecular flexibility index (Phi) is 7.05. The van der Waals surface area contributed by atoms with Crippen molar-refractivity contribution in [1.82, 2.24) is 10.2 Å². The third kappa shape index (κ3) is 5.93. The Morgan fingerprint density at radius 3 is 2.44 bits per heavy atom. The number of likely N-dealkylation sites (tertiary alicyclic amines) is 1. The topological polar surface area (TPSA) is 32.3 Å². The minimum absolute atomic E-state index is 0.178. The van der Waals surface area contributed by atoms with Crippen LogP contribution in [0.5, 0.6) is 0 Å². The lowest BCUT2D eigenvalue weighted by molar-refractivity contribution is -0.126. The van der Waals surface area contributed by atoms with Crippen molar-refractivity contribution in [3.05, 3.63) is 70.8 Å². The van der Waals surface area contributed by atoms with Gasteiger partial charge in [0.05, 0.1) is 0 Å². The molecule has 3 nitrogen and oxygen atoms in total. The maximum absolute atomic E-state index is 12.4. The molecule has 27 heavy (non-hydrogen) atoms. The SMILES string of the molecule is Cc1ccc(CCCNC(=O)C2CCN(Cc3ccccc3C)CC2)cc1. The molecule has 1 aliphatic heterocycles. The number of amides is 1. The van der Waals surface area contributed by atoms with Crippen LogP contribution in [0.3, 0.4) is 0 Å². The molecule has 1 aliphatic rings. The summed E-state index contributed by atoms with van der Waals surface area (Å²) in [5.74, 6) is 0.423. The van der Waals surface area contributed by atoms with E-state index in [9.17, 15) is 4.79 Å². The van der Waals surface area contributed by atoms with Crippen molar-refractivity contribution in [2.24, 2.45) is 5.92 Å². The van der Waals surface area contributed by atoms with Crippen LogP contribution in [-0.4, -0.2) is 30.4 Å². The van der Waals surface area contributed by atoms with Crippen molar-refractivity contribution >= 4 is 5.91 Å². The van der Waals surface area contributed by atoms with Gasteiger partial charge in [0.25, 0.3) is 0 Å². The Morgan fingerprint density at radius 1 is 1.04 bits per heavy atom. The summed E-state index contributed by atoms with van der Waals surface area (Å²) in [4.78, 5) is 14.9. The molecule has 3 heteroatoms. The van der Waals surface area contributed by atoms with Gasteiger partial charge in [-0.05, 0) is 69.3 Å². The summed E-state index contributed by atoms with van der Waals surface area (Å²) in [6.45, 7) is 8.07. The second kappa shape index (κ2) is 9.70. The summed E-state index contributed by atoms with van der Waals surface area (Å²) >= 11 is 0. The predicted octanol–water partition coefficient (Wildman–Crippen LogP) is 4.26. The molecule has 1 fully saturated rings. The normalized spacial score (nSPS) is 15.6. The van der Waals surface area contributed by atoms with Crippen LogP contribution in [0.4, 0.5) is 0 Å². The molecule has 144 valence electrons. The zero-order chi connectivity index (χ0) is 19.1. The molecule has 1 N–H and O–H groups in total. The average molecular weight is 365 g/mol. The third-order valence-corrected chi connectivity index (χ3v) is 5.68. The van der Waals surface area contributed by atoms with Gasteiger partial charge in [0.2, 0.25) is 5.91 Å². The smallest absolute Gasteiger partial charge is 0.223 e. The lowest BCUT2D eigenvalue weighted by Gasteiger charge is -2.31. The quantitative estimate of drug-likeness (QED) is 0.745. The third-order valence-electron chi connectivity index (χ3n) is 5.68. The van der Waals surface area contributed by atoms with Crippen LogP contribution in [0.15, 0.2) is 48.5 Å². The molecule has 2 aromatic rings. The Balaban J connectivity index is 1.34. The van der Waals surface area contributed by atoms with Crippen LogP contribution in [-0.2, 0) is 17.8 Å². The molecule has 1 amide bonds. The zero-order valence-electron chi connectivity index (χ0n) is 16.7. The largest absolute Gasteiger partial charge is 0.356 e. The molecule has 0 aromatic heterocycles. The van der Waals surface area contributed by atoms with Crippen LogP contribution in [0.25, 0.3) is 0 Å². The molecule has 0 radical (unpaired) electrons. The van der Waals surface area contributed by atoms with Crippen molar-refractivity contribution in [3.63, 3.8) is 0 Å². The summed E-state index contributed by atoms with van der Waals surface area (Å²) in [5.41, 5.74) is 5.39. The Morgan fingerprint density at radius 2 is 1.74 bits per heavy atom. The first-order valence-corrected chi connectivity index (χ1v) is 10.2. The monoisotopic (exact) mass is 364 g/mol. The summed E-state index contributed by atoms with van der Waals surface area (Å²) in [6.07, 6.45) is 3.96. The minimum Gasteiger partial charge on any atom is -0.356 e. The predicted molar refractivity (Wildman–Crippen MR) is 112 cm³/mol. The first kappa shape index (κ1) is 19.6. The molecule has 1 heterocycles. The fraction of sp³-hybridized carbons (Fsp3) is 0.458. The van der Waals surface area contributed by atoms with E-state index in [-0.39, 0.29) is 11.8 Å². The lowest BCUT2D eigenvalue weighted by Crippen LogP contribution is -2.40. The van der Waals surface area contributed by atoms with Crippen LogP contribution in [0, 0.1) is 19.8 Å². The van der Waals surface area contributed by atoms with E-state index in [0.717, 1.165) is 51.9 Å². The number of benzene rings is 2. The number of hydrogen-bond donors (Lipinski definition) is 1. The van der Waals surface area contributed by atoms with E-state index in [1.807, 2.05) is 0 Å². The Labute approximate surface area is 163 Å². The van der Waals surface area contributed by atoms with E-state index in [1.54, 1.807) is 0 Å². The van der Waals surface area contributed by atoms with Gasteiger partial charge in [-0.1, -0.05) is 54.1 Å². The molecule has 1 saturated heterocycles. The molecular formula is C24H32N2O. The maximum Gasteiger partial charge on any atom is 0.223 e. The lowest BCUT2D eigenvalue weighted by atomic mass is 9.95. The highest BCUT2D eigenvalue weighted by molar-refractivity contribution is 5.78. The van der Waals surface area contributed by atoms with Gasteiger partial charge in [-0.2, -0.15) is 0 Å².